The summed E-state index contributed by atoms with van der Waals surface area (Å²) in [5, 5.41) is 8.72. The lowest BCUT2D eigenvalue weighted by atomic mass is 10.1. The van der Waals surface area contributed by atoms with Gasteiger partial charge in [-0.15, -0.1) is 0 Å². The molecule has 0 atom stereocenters. The fourth-order valence-electron chi connectivity index (χ4n) is 3.39. The largest absolute Gasteiger partial charge is 0.497 e. The number of fused-ring (bicyclic) bond motifs is 1. The molecule has 0 fully saturated rings. The molecule has 32 heavy (non-hydrogen) atoms. The third-order valence-corrected chi connectivity index (χ3v) is 5.90. The summed E-state index contributed by atoms with van der Waals surface area (Å²) in [5.74, 6) is 1.52. The van der Waals surface area contributed by atoms with Crippen LogP contribution in [0.4, 0.5) is 11.5 Å². The van der Waals surface area contributed by atoms with Crippen molar-refractivity contribution in [2.24, 2.45) is 5.14 Å². The van der Waals surface area contributed by atoms with Crippen molar-refractivity contribution < 1.29 is 17.9 Å². The normalized spacial score (nSPS) is 11.4. The molecule has 0 radical (unpaired) electrons. The van der Waals surface area contributed by atoms with Crippen LogP contribution in [0.1, 0.15) is 5.56 Å². The maximum atomic E-state index is 12.3. The molecule has 0 spiro atoms. The summed E-state index contributed by atoms with van der Waals surface area (Å²) in [4.78, 5) is 9.45. The Morgan fingerprint density at radius 3 is 2.41 bits per heavy atom. The standard InChI is InChI=1S/C23H22N4O4S/c1-14-8-10-17-18(12-14)25-22(16-6-4-5-7-21(16)32(24,28)29)23(26-17)27-19-13-15(30-2)9-11-20(19)31-3/h4-13H,1-3H3,(H,26,27)(H2,24,28,29). The minimum Gasteiger partial charge on any atom is -0.497 e. The number of primary sulfonamides is 1. The second kappa shape index (κ2) is 8.45. The molecule has 0 unspecified atom stereocenters. The summed E-state index contributed by atoms with van der Waals surface area (Å²) >= 11 is 0. The van der Waals surface area contributed by atoms with Gasteiger partial charge in [0.25, 0.3) is 0 Å². The highest BCUT2D eigenvalue weighted by Crippen LogP contribution is 2.36. The fraction of sp³-hybridized carbons (Fsp3) is 0.130. The van der Waals surface area contributed by atoms with E-state index in [1.54, 1.807) is 50.6 Å². The van der Waals surface area contributed by atoms with Crippen LogP contribution >= 0.6 is 0 Å². The van der Waals surface area contributed by atoms with Gasteiger partial charge in [-0.2, -0.15) is 0 Å². The second-order valence-electron chi connectivity index (χ2n) is 7.15. The van der Waals surface area contributed by atoms with Crippen LogP contribution in [0.3, 0.4) is 0 Å². The van der Waals surface area contributed by atoms with Crippen LogP contribution in [0.5, 0.6) is 11.5 Å². The maximum absolute atomic E-state index is 12.3. The molecule has 8 nitrogen and oxygen atoms in total. The molecular formula is C23H22N4O4S. The average Bonchev–Trinajstić information content (AvgIpc) is 2.78. The molecule has 0 aliphatic carbocycles. The molecule has 0 bridgehead atoms. The van der Waals surface area contributed by atoms with E-state index >= 15 is 0 Å². The van der Waals surface area contributed by atoms with Gasteiger partial charge >= 0.3 is 0 Å². The van der Waals surface area contributed by atoms with E-state index in [9.17, 15) is 8.42 Å². The van der Waals surface area contributed by atoms with Gasteiger partial charge in [0.2, 0.25) is 10.0 Å². The van der Waals surface area contributed by atoms with Gasteiger partial charge in [0, 0.05) is 11.6 Å². The number of hydrogen-bond acceptors (Lipinski definition) is 7. The lowest BCUT2D eigenvalue weighted by molar-refractivity contribution is 0.405. The number of nitrogens with one attached hydrogen (secondary N) is 1. The Morgan fingerprint density at radius 1 is 0.906 bits per heavy atom. The van der Waals surface area contributed by atoms with Crippen molar-refractivity contribution in [2.75, 3.05) is 19.5 Å². The molecule has 4 aromatic rings. The predicted octanol–water partition coefficient (Wildman–Crippen LogP) is 4.01. The van der Waals surface area contributed by atoms with E-state index in [4.69, 9.17) is 24.6 Å². The monoisotopic (exact) mass is 450 g/mol. The maximum Gasteiger partial charge on any atom is 0.238 e. The van der Waals surface area contributed by atoms with E-state index in [1.165, 1.54) is 6.07 Å². The zero-order valence-electron chi connectivity index (χ0n) is 17.8. The molecule has 0 amide bonds. The summed E-state index contributed by atoms with van der Waals surface area (Å²) in [6, 6.07) is 17.4. The van der Waals surface area contributed by atoms with Crippen LogP contribution in [-0.4, -0.2) is 32.6 Å². The van der Waals surface area contributed by atoms with Crippen molar-refractivity contribution in [1.82, 2.24) is 9.97 Å². The van der Waals surface area contributed by atoms with Crippen LogP contribution in [0.15, 0.2) is 65.6 Å². The van der Waals surface area contributed by atoms with Crippen LogP contribution in [0, 0.1) is 6.92 Å². The van der Waals surface area contributed by atoms with E-state index in [2.05, 4.69) is 5.32 Å². The van der Waals surface area contributed by atoms with Crippen LogP contribution in [0.25, 0.3) is 22.3 Å². The first-order valence-corrected chi connectivity index (χ1v) is 11.2. The van der Waals surface area contributed by atoms with Crippen LogP contribution in [-0.2, 0) is 10.0 Å². The lowest BCUT2D eigenvalue weighted by Crippen LogP contribution is -2.14. The van der Waals surface area contributed by atoms with Gasteiger partial charge in [-0.05, 0) is 42.8 Å². The van der Waals surface area contributed by atoms with Crippen molar-refractivity contribution >= 4 is 32.6 Å². The summed E-state index contributed by atoms with van der Waals surface area (Å²) in [7, 11) is -0.875. The van der Waals surface area contributed by atoms with Gasteiger partial charge in [0.1, 0.15) is 17.2 Å². The molecule has 164 valence electrons. The van der Waals surface area contributed by atoms with Gasteiger partial charge in [0.15, 0.2) is 5.82 Å². The molecule has 4 rings (SSSR count). The van der Waals surface area contributed by atoms with Gasteiger partial charge in [-0.1, -0.05) is 24.3 Å². The third-order valence-electron chi connectivity index (χ3n) is 4.93. The quantitative estimate of drug-likeness (QED) is 0.456. The van der Waals surface area contributed by atoms with Gasteiger partial charge in [-0.25, -0.2) is 23.5 Å². The highest BCUT2D eigenvalue weighted by molar-refractivity contribution is 7.89. The number of aromatic nitrogens is 2. The summed E-state index contributed by atoms with van der Waals surface area (Å²) < 4.78 is 35.3. The average molecular weight is 451 g/mol. The van der Waals surface area contributed by atoms with Crippen molar-refractivity contribution in [3.8, 4) is 22.8 Å². The van der Waals surface area contributed by atoms with E-state index in [1.807, 2.05) is 25.1 Å². The van der Waals surface area contributed by atoms with Crippen molar-refractivity contribution in [3.05, 3.63) is 66.2 Å². The molecule has 9 heteroatoms. The Hall–Kier alpha value is -3.69. The van der Waals surface area contributed by atoms with Gasteiger partial charge in [0.05, 0.1) is 35.8 Å². The number of sulfonamides is 1. The third kappa shape index (κ3) is 4.20. The number of rotatable bonds is 6. The van der Waals surface area contributed by atoms with E-state index in [0.29, 0.717) is 45.3 Å². The highest BCUT2D eigenvalue weighted by Gasteiger charge is 2.21. The van der Waals surface area contributed by atoms with E-state index < -0.39 is 10.0 Å². The molecule has 0 saturated heterocycles. The van der Waals surface area contributed by atoms with E-state index in [0.717, 1.165) is 5.56 Å². The number of nitrogens with two attached hydrogens (primary N) is 1. The molecule has 0 aliphatic heterocycles. The Balaban J connectivity index is 1.99. The number of hydrogen-bond donors (Lipinski definition) is 2. The molecule has 3 aromatic carbocycles. The smallest absolute Gasteiger partial charge is 0.238 e. The van der Waals surface area contributed by atoms with Crippen molar-refractivity contribution in [1.29, 1.82) is 0 Å². The number of ether oxygens (including phenoxy) is 2. The molecular weight excluding hydrogens is 428 g/mol. The van der Waals surface area contributed by atoms with Crippen LogP contribution in [0.2, 0.25) is 0 Å². The van der Waals surface area contributed by atoms with Crippen molar-refractivity contribution in [2.45, 2.75) is 11.8 Å². The number of benzene rings is 3. The number of methoxy groups -OCH3 is 2. The first kappa shape index (κ1) is 21.5. The molecule has 0 aliphatic rings. The highest BCUT2D eigenvalue weighted by atomic mass is 32.2. The second-order valence-corrected chi connectivity index (χ2v) is 8.68. The minimum absolute atomic E-state index is 0.0399. The first-order chi connectivity index (χ1) is 15.3. The van der Waals surface area contributed by atoms with Gasteiger partial charge in [-0.3, -0.25) is 0 Å². The predicted molar refractivity (Wildman–Crippen MR) is 124 cm³/mol. The topological polar surface area (TPSA) is 116 Å². The van der Waals surface area contributed by atoms with Gasteiger partial charge < -0.3 is 14.8 Å². The van der Waals surface area contributed by atoms with Crippen molar-refractivity contribution in [3.63, 3.8) is 0 Å². The Labute approximate surface area is 186 Å². The summed E-state index contributed by atoms with van der Waals surface area (Å²) in [6.45, 7) is 1.95. The number of aryl methyl sites for hydroxylation is 1. The Morgan fingerprint density at radius 2 is 1.69 bits per heavy atom. The lowest BCUT2D eigenvalue weighted by Gasteiger charge is -2.16. The Bertz CT molecular complexity index is 1420. The molecule has 3 N–H and O–H groups in total. The minimum atomic E-state index is -4.00. The molecule has 0 saturated carbocycles. The fourth-order valence-corrected chi connectivity index (χ4v) is 4.13. The summed E-state index contributed by atoms with van der Waals surface area (Å²) in [5.41, 5.74) is 3.56. The summed E-state index contributed by atoms with van der Waals surface area (Å²) in [6.07, 6.45) is 0. The Kier molecular flexibility index (Phi) is 5.68. The number of nitrogens with zero attached hydrogens (tertiary/aromatic N) is 2. The zero-order chi connectivity index (χ0) is 22.9. The number of anilines is 2. The molecule has 1 aromatic heterocycles. The van der Waals surface area contributed by atoms with E-state index in [-0.39, 0.29) is 4.90 Å². The zero-order valence-corrected chi connectivity index (χ0v) is 18.6. The SMILES string of the molecule is COc1ccc(OC)c(Nc2nc3ccc(C)cc3nc2-c2ccccc2S(N)(=O)=O)c1. The molecule has 1 heterocycles. The first-order valence-electron chi connectivity index (χ1n) is 9.70. The van der Waals surface area contributed by atoms with Crippen LogP contribution < -0.4 is 19.9 Å².